The van der Waals surface area contributed by atoms with E-state index in [4.69, 9.17) is 30.8 Å². The summed E-state index contributed by atoms with van der Waals surface area (Å²) >= 11 is 0. The van der Waals surface area contributed by atoms with Crippen LogP contribution in [0.25, 0.3) is 0 Å². The molecule has 4 aromatic carbocycles. The van der Waals surface area contributed by atoms with E-state index in [2.05, 4.69) is 31.1 Å². The SMILES string of the molecule is COc1cc(N=NC(C(C)=O)C(=O)Nc2cc(C)c(S(=O)(=O)O)cc2OO)c(S(=O)(=O)O)cc1NC(=O)c1ccc(N)cc1.COc1cc(S(=O)(=O)O)c(C)cc1NC(=O)C(N)C(C)=O. The van der Waals surface area contributed by atoms with Crippen LogP contribution < -0.4 is 41.8 Å². The largest absolute Gasteiger partial charge is 0.495 e. The van der Waals surface area contributed by atoms with Gasteiger partial charge in [-0.2, -0.15) is 35.5 Å². The zero-order valence-corrected chi connectivity index (χ0v) is 37.2. The zero-order chi connectivity index (χ0) is 49.4. The minimum absolute atomic E-state index is 0.0114. The summed E-state index contributed by atoms with van der Waals surface area (Å²) in [5.74, 6) is -4.76. The molecule has 2 atom stereocenters. The van der Waals surface area contributed by atoms with Crippen LogP contribution in [0.15, 0.2) is 85.6 Å². The number of anilines is 4. The van der Waals surface area contributed by atoms with E-state index in [0.717, 1.165) is 31.2 Å². The van der Waals surface area contributed by atoms with Gasteiger partial charge >= 0.3 is 0 Å². The Hall–Kier alpha value is -6.92. The molecule has 0 saturated carbocycles. The van der Waals surface area contributed by atoms with Gasteiger partial charge in [-0.15, -0.1) is 0 Å². The lowest BCUT2D eigenvalue weighted by atomic mass is 10.1. The third-order valence-electron chi connectivity index (χ3n) is 8.56. The molecule has 25 nitrogen and oxygen atoms in total. The van der Waals surface area contributed by atoms with Gasteiger partial charge in [-0.05, 0) is 81.3 Å². The highest BCUT2D eigenvalue weighted by Crippen LogP contribution is 2.37. The number of nitrogens with one attached hydrogen (secondary N) is 3. The molecule has 0 aliphatic carbocycles. The zero-order valence-electron chi connectivity index (χ0n) is 34.7. The van der Waals surface area contributed by atoms with Gasteiger partial charge in [-0.25, -0.2) is 5.26 Å². The average Bonchev–Trinajstić information content (AvgIpc) is 3.19. The van der Waals surface area contributed by atoms with Gasteiger partial charge in [0, 0.05) is 29.4 Å². The van der Waals surface area contributed by atoms with E-state index in [0.29, 0.717) is 11.8 Å². The Bertz CT molecular complexity index is 2910. The smallest absolute Gasteiger partial charge is 0.296 e. The number of methoxy groups -OCH3 is 2. The van der Waals surface area contributed by atoms with Crippen molar-refractivity contribution >= 4 is 88.1 Å². The summed E-state index contributed by atoms with van der Waals surface area (Å²) in [5, 5.41) is 23.4. The number of hydrogen-bond donors (Lipinski definition) is 9. The highest BCUT2D eigenvalue weighted by Gasteiger charge is 2.28. The Morgan fingerprint density at radius 2 is 1.08 bits per heavy atom. The molecule has 0 spiro atoms. The number of azo groups is 1. The third kappa shape index (κ3) is 13.8. The first kappa shape index (κ1) is 52.4. The summed E-state index contributed by atoms with van der Waals surface area (Å²) < 4.78 is 108. The maximum absolute atomic E-state index is 12.9. The second-order valence-corrected chi connectivity index (χ2v) is 17.5. The second kappa shape index (κ2) is 21.2. The number of nitrogens with zero attached hydrogens (tertiary/aromatic N) is 2. The molecule has 0 saturated heterocycles. The lowest BCUT2D eigenvalue weighted by molar-refractivity contribution is -0.137. The number of nitrogen functional groups attached to an aromatic ring is 1. The van der Waals surface area contributed by atoms with Crippen molar-refractivity contribution in [1.29, 1.82) is 0 Å². The number of ketones is 2. The molecule has 65 heavy (non-hydrogen) atoms. The van der Waals surface area contributed by atoms with E-state index >= 15 is 0 Å². The molecule has 4 rings (SSSR count). The van der Waals surface area contributed by atoms with Crippen LogP contribution in [0.5, 0.6) is 17.2 Å². The van der Waals surface area contributed by atoms with E-state index in [-0.39, 0.29) is 50.1 Å². The number of amides is 3. The van der Waals surface area contributed by atoms with Crippen molar-refractivity contribution < 1.29 is 82.5 Å². The minimum Gasteiger partial charge on any atom is -0.495 e. The molecule has 0 radical (unpaired) electrons. The Balaban J connectivity index is 0.000000447. The van der Waals surface area contributed by atoms with Gasteiger partial charge in [0.1, 0.15) is 37.9 Å². The second-order valence-electron chi connectivity index (χ2n) is 13.3. The number of carbonyl (C=O) groups excluding carboxylic acids is 5. The molecule has 350 valence electrons. The number of ether oxygens (including phenoxy) is 2. The van der Waals surface area contributed by atoms with Crippen LogP contribution in [0.2, 0.25) is 0 Å². The van der Waals surface area contributed by atoms with Crippen molar-refractivity contribution in [2.45, 2.75) is 54.5 Å². The van der Waals surface area contributed by atoms with Crippen molar-refractivity contribution in [3.05, 3.63) is 77.4 Å². The first-order valence-electron chi connectivity index (χ1n) is 17.8. The topological polar surface area (TPSA) is 409 Å². The lowest BCUT2D eigenvalue weighted by Crippen LogP contribution is -2.41. The van der Waals surface area contributed by atoms with Crippen LogP contribution in [-0.2, 0) is 49.5 Å². The van der Waals surface area contributed by atoms with Crippen LogP contribution in [0.3, 0.4) is 0 Å². The van der Waals surface area contributed by atoms with Gasteiger partial charge in [0.25, 0.3) is 42.2 Å². The summed E-state index contributed by atoms with van der Waals surface area (Å²) in [6, 6.07) is 8.37. The van der Waals surface area contributed by atoms with Gasteiger partial charge in [0.2, 0.25) is 11.9 Å². The molecular weight excluding hydrogens is 927 g/mol. The highest BCUT2D eigenvalue weighted by molar-refractivity contribution is 7.86. The molecule has 0 bridgehead atoms. The summed E-state index contributed by atoms with van der Waals surface area (Å²) in [4.78, 5) is 62.9. The standard InChI is InChI=1S/C25H25N5O12S2.C12H16N2O6S/c1-12-8-16(20(42-34)11-21(12)43(35,36)37)28-25(33)23(13(2)31)30-29-18-9-19(41-3)17(10-22(18)44(38,39)40)27-24(32)14-4-6-15(26)7-5-14;1-6-4-8(14-12(16)11(13)7(2)15)9(20-3)5-10(6)21(17,18)19/h4-11,23,34H,26H2,1-3H3,(H,27,32)(H,28,33)(H,35,36,37)(H,38,39,40);4-5,11H,13H2,1-3H3,(H,14,16)(H,17,18,19). The molecule has 4 aromatic rings. The number of Topliss-reactive ketones (excluding diaryl/α,β-unsaturated/α-hetero) is 2. The molecular formula is C37H41N7O18S3. The maximum Gasteiger partial charge on any atom is 0.296 e. The van der Waals surface area contributed by atoms with Crippen LogP contribution in [0.4, 0.5) is 28.4 Å². The molecule has 0 aliphatic heterocycles. The molecule has 2 unspecified atom stereocenters. The van der Waals surface area contributed by atoms with Gasteiger partial charge in [0.15, 0.2) is 17.3 Å². The molecule has 0 heterocycles. The summed E-state index contributed by atoms with van der Waals surface area (Å²) in [7, 11) is -11.7. The van der Waals surface area contributed by atoms with E-state index < -0.39 is 93.0 Å². The predicted octanol–water partition coefficient (Wildman–Crippen LogP) is 2.97. The molecule has 28 heteroatoms. The summed E-state index contributed by atoms with van der Waals surface area (Å²) in [5.41, 5.74) is 10.7. The first-order valence-corrected chi connectivity index (χ1v) is 22.1. The quantitative estimate of drug-likeness (QED) is 0.0195. The van der Waals surface area contributed by atoms with Gasteiger partial charge < -0.3 is 41.8 Å². The fourth-order valence-electron chi connectivity index (χ4n) is 5.30. The summed E-state index contributed by atoms with van der Waals surface area (Å²) in [6.07, 6.45) is 0. The van der Waals surface area contributed by atoms with Crippen molar-refractivity contribution in [3.63, 3.8) is 0 Å². The minimum atomic E-state index is -5.03. The van der Waals surface area contributed by atoms with Crippen LogP contribution in [-0.4, -0.2) is 99.8 Å². The Morgan fingerprint density at radius 1 is 0.631 bits per heavy atom. The van der Waals surface area contributed by atoms with Gasteiger partial charge in [-0.3, -0.25) is 37.6 Å². The van der Waals surface area contributed by atoms with E-state index in [1.54, 1.807) is 0 Å². The van der Waals surface area contributed by atoms with Crippen molar-refractivity contribution in [2.75, 3.05) is 35.9 Å². The number of hydrogen-bond acceptors (Lipinski definition) is 19. The normalized spacial score (nSPS) is 12.5. The Labute approximate surface area is 370 Å². The van der Waals surface area contributed by atoms with Crippen molar-refractivity contribution in [1.82, 2.24) is 0 Å². The van der Waals surface area contributed by atoms with Gasteiger partial charge in [0.05, 0.1) is 31.3 Å². The first-order chi connectivity index (χ1) is 30.0. The van der Waals surface area contributed by atoms with Crippen LogP contribution >= 0.6 is 0 Å². The van der Waals surface area contributed by atoms with Crippen LogP contribution in [0, 0.1) is 13.8 Å². The number of rotatable bonds is 16. The summed E-state index contributed by atoms with van der Waals surface area (Å²) in [6.45, 7) is 4.82. The fourth-order valence-corrected chi connectivity index (χ4v) is 7.37. The maximum atomic E-state index is 12.9. The molecule has 11 N–H and O–H groups in total. The van der Waals surface area contributed by atoms with Crippen LogP contribution in [0.1, 0.15) is 35.3 Å². The van der Waals surface area contributed by atoms with Crippen molar-refractivity contribution in [3.8, 4) is 17.2 Å². The number of nitrogens with two attached hydrogens (primary N) is 2. The monoisotopic (exact) mass is 967 g/mol. The average molecular weight is 968 g/mol. The van der Waals surface area contributed by atoms with E-state index in [1.165, 1.54) is 65.3 Å². The van der Waals surface area contributed by atoms with E-state index in [1.807, 2.05) is 0 Å². The molecule has 0 aromatic heterocycles. The van der Waals surface area contributed by atoms with Gasteiger partial charge in [-0.1, -0.05) is 0 Å². The highest BCUT2D eigenvalue weighted by atomic mass is 32.2. The molecule has 0 aliphatic rings. The number of carbonyl (C=O) groups is 5. The molecule has 3 amide bonds. The molecule has 0 fully saturated rings. The Kier molecular flexibility index (Phi) is 17.1. The number of aryl methyl sites for hydroxylation is 2. The van der Waals surface area contributed by atoms with Crippen molar-refractivity contribution in [2.24, 2.45) is 16.0 Å². The number of benzene rings is 4. The fraction of sp³-hybridized carbons (Fsp3) is 0.216. The van der Waals surface area contributed by atoms with E-state index in [9.17, 15) is 58.3 Å². The lowest BCUT2D eigenvalue weighted by Gasteiger charge is -2.15. The predicted molar refractivity (Wildman–Crippen MR) is 228 cm³/mol. The third-order valence-corrected chi connectivity index (χ3v) is 11.4. The Morgan fingerprint density at radius 3 is 1.52 bits per heavy atom.